The van der Waals surface area contributed by atoms with Crippen LogP contribution in [-0.2, 0) is 50.0 Å². The first-order valence-electron chi connectivity index (χ1n) is 6.26. The van der Waals surface area contributed by atoms with Gasteiger partial charge in [0.1, 0.15) is 5.60 Å². The Morgan fingerprint density at radius 3 is 1.50 bits per heavy atom. The van der Waals surface area contributed by atoms with E-state index in [1.807, 2.05) is 0 Å². The van der Waals surface area contributed by atoms with Crippen LogP contribution in [0.4, 0.5) is 0 Å². The molecule has 0 bridgehead atoms. The van der Waals surface area contributed by atoms with Crippen molar-refractivity contribution >= 4 is 35.8 Å². The number of aliphatic hydroxyl groups is 2. The molecule has 0 heterocycles. The molecule has 2 atom stereocenters. The van der Waals surface area contributed by atoms with Gasteiger partial charge in [-0.2, -0.15) is 0 Å². The van der Waals surface area contributed by atoms with Crippen LogP contribution in [-0.4, -0.2) is 67.4 Å². The summed E-state index contributed by atoms with van der Waals surface area (Å²) >= 11 is 0. The summed E-state index contributed by atoms with van der Waals surface area (Å²) in [6.07, 6.45) is -6.06. The molecule has 0 aliphatic carbocycles. The van der Waals surface area contributed by atoms with Crippen molar-refractivity contribution < 1.29 is 80.6 Å². The van der Waals surface area contributed by atoms with Crippen LogP contribution in [0.15, 0.2) is 0 Å². The molecule has 2 unspecified atom stereocenters. The molecule has 0 saturated carbocycles. The van der Waals surface area contributed by atoms with E-state index in [9.17, 15) is 49.2 Å². The van der Waals surface area contributed by atoms with Crippen LogP contribution in [0.2, 0.25) is 0 Å². The maximum absolute atomic E-state index is 11.4. The summed E-state index contributed by atoms with van der Waals surface area (Å²) in [6.45, 7) is 0. The van der Waals surface area contributed by atoms with Crippen LogP contribution in [0.5, 0.6) is 0 Å². The average molecular weight is 423 g/mol. The molecule has 0 radical (unpaired) electrons. The van der Waals surface area contributed by atoms with Crippen LogP contribution in [0.1, 0.15) is 25.7 Å². The van der Waals surface area contributed by atoms with Crippen molar-refractivity contribution in [3.05, 3.63) is 0 Å². The maximum Gasteiger partial charge on any atom is 2.00 e. The fourth-order valence-corrected chi connectivity index (χ4v) is 1.59. The summed E-state index contributed by atoms with van der Waals surface area (Å²) in [4.78, 5) is 65.1. The first-order valence-corrected chi connectivity index (χ1v) is 6.26. The zero-order valence-electron chi connectivity index (χ0n) is 12.6. The maximum atomic E-state index is 11.4. The molecular weight excluding hydrogens is 411 g/mol. The van der Waals surface area contributed by atoms with E-state index < -0.39 is 72.7 Å². The van der Waals surface area contributed by atoms with Gasteiger partial charge < -0.3 is 45.0 Å². The van der Waals surface area contributed by atoms with Gasteiger partial charge in [0.15, 0.2) is 5.60 Å². The van der Waals surface area contributed by atoms with Crippen molar-refractivity contribution in [3.63, 3.8) is 0 Å². The molecule has 148 valence electrons. The Balaban J connectivity index is 0. The van der Waals surface area contributed by atoms with Gasteiger partial charge >= 0.3 is 40.4 Å². The quantitative estimate of drug-likeness (QED) is 0.146. The Hall–Kier alpha value is -2.57. The second-order valence-electron chi connectivity index (χ2n) is 4.97. The van der Waals surface area contributed by atoms with Crippen LogP contribution in [0.25, 0.3) is 0 Å². The molecule has 26 heavy (non-hydrogen) atoms. The van der Waals surface area contributed by atoms with Gasteiger partial charge in [-0.05, 0) is 0 Å². The molecule has 0 aromatic rings. The number of carboxylic acid groups (broad SMARTS) is 4. The number of ether oxygens (including phenoxy) is 1. The number of rotatable bonds is 10. The van der Waals surface area contributed by atoms with Crippen molar-refractivity contribution in [3.8, 4) is 0 Å². The van der Waals surface area contributed by atoms with Crippen molar-refractivity contribution in [2.45, 2.75) is 36.9 Å². The van der Waals surface area contributed by atoms with Crippen LogP contribution >= 0.6 is 0 Å². The minimum absolute atomic E-state index is 0. The predicted molar refractivity (Wildman–Crippen MR) is 64.8 cm³/mol. The molecule has 0 aliphatic rings. The van der Waals surface area contributed by atoms with E-state index in [1.165, 1.54) is 0 Å². The molecule has 0 spiro atoms. The SMILES string of the molecule is O=C([O-])CC(O)(CC(=O)OC(=O)CC(O)(CC(=O)O)C(=O)O)C(=O)[O-].[Ni+2]. The Kier molecular flexibility index (Phi) is 9.67. The summed E-state index contributed by atoms with van der Waals surface area (Å²) in [5.41, 5.74) is -6.38. The van der Waals surface area contributed by atoms with E-state index in [0.29, 0.717) is 0 Å². The summed E-state index contributed by atoms with van der Waals surface area (Å²) in [7, 11) is 0. The Morgan fingerprint density at radius 2 is 1.19 bits per heavy atom. The van der Waals surface area contributed by atoms with Gasteiger partial charge in [0, 0.05) is 12.4 Å². The van der Waals surface area contributed by atoms with E-state index in [2.05, 4.69) is 4.74 Å². The third-order valence-corrected chi connectivity index (χ3v) is 2.76. The zero-order chi connectivity index (χ0) is 20.0. The molecule has 0 saturated heterocycles. The third kappa shape index (κ3) is 8.01. The second kappa shape index (κ2) is 9.80. The molecule has 0 rings (SSSR count). The third-order valence-electron chi connectivity index (χ3n) is 2.76. The fraction of sp³-hybridized carbons (Fsp3) is 0.500. The van der Waals surface area contributed by atoms with Crippen LogP contribution in [0.3, 0.4) is 0 Å². The smallest absolute Gasteiger partial charge is 0.550 e. The summed E-state index contributed by atoms with van der Waals surface area (Å²) in [5, 5.41) is 57.3. The molecule has 0 amide bonds. The van der Waals surface area contributed by atoms with E-state index in [-0.39, 0.29) is 16.5 Å². The number of carboxylic acids is 4. The topological polar surface area (TPSA) is 239 Å². The standard InChI is InChI=1S/C12H14O13.Ni/c13-5(14)1-11(23,9(19)20)3-7(17)25-8(18)4-12(24,10(21)22)2-6(15)16;/h23-24H,1-4H2,(H,13,14)(H,15,16)(H,19,20)(H,21,22);/q;+2/p-2. The minimum atomic E-state index is -3.26. The minimum Gasteiger partial charge on any atom is -0.550 e. The molecule has 0 aliphatic heterocycles. The second-order valence-corrected chi connectivity index (χ2v) is 4.97. The Bertz CT molecular complexity index is 562. The first kappa shape index (κ1) is 25.7. The van der Waals surface area contributed by atoms with Gasteiger partial charge in [-0.25, -0.2) is 4.79 Å². The molecule has 0 aromatic heterocycles. The number of hydrogen-bond donors (Lipinski definition) is 4. The number of hydrogen-bond acceptors (Lipinski definition) is 11. The van der Waals surface area contributed by atoms with Crippen molar-refractivity contribution in [1.82, 2.24) is 0 Å². The van der Waals surface area contributed by atoms with Gasteiger partial charge in [-0.3, -0.25) is 14.4 Å². The first-order chi connectivity index (χ1) is 11.2. The van der Waals surface area contributed by atoms with E-state index in [4.69, 9.17) is 10.2 Å². The normalized spacial score (nSPS) is 14.7. The summed E-state index contributed by atoms with van der Waals surface area (Å²) in [6, 6.07) is 0. The number of aliphatic carboxylic acids is 4. The Morgan fingerprint density at radius 1 is 0.769 bits per heavy atom. The van der Waals surface area contributed by atoms with E-state index in [1.54, 1.807) is 0 Å². The molecule has 0 aromatic carbocycles. The van der Waals surface area contributed by atoms with Crippen LogP contribution in [0, 0.1) is 0 Å². The summed E-state index contributed by atoms with van der Waals surface area (Å²) < 4.78 is 3.95. The van der Waals surface area contributed by atoms with E-state index >= 15 is 0 Å². The number of esters is 2. The Labute approximate surface area is 154 Å². The van der Waals surface area contributed by atoms with Gasteiger partial charge in [0.25, 0.3) is 0 Å². The largest absolute Gasteiger partial charge is 2.00 e. The molecule has 0 fully saturated rings. The molecule has 4 N–H and O–H groups in total. The molecule has 13 nitrogen and oxygen atoms in total. The average Bonchev–Trinajstić information content (AvgIpc) is 2.34. The van der Waals surface area contributed by atoms with Gasteiger partial charge in [0.05, 0.1) is 25.2 Å². The van der Waals surface area contributed by atoms with Crippen molar-refractivity contribution in [2.24, 2.45) is 0 Å². The number of carbonyl (C=O) groups is 6. The monoisotopic (exact) mass is 422 g/mol. The van der Waals surface area contributed by atoms with Crippen LogP contribution < -0.4 is 10.2 Å². The van der Waals surface area contributed by atoms with Gasteiger partial charge in [-0.15, -0.1) is 0 Å². The van der Waals surface area contributed by atoms with Gasteiger partial charge in [0.2, 0.25) is 0 Å². The molecule has 14 heteroatoms. The fourth-order valence-electron chi connectivity index (χ4n) is 1.59. The number of carbonyl (C=O) groups excluding carboxylic acids is 4. The summed E-state index contributed by atoms with van der Waals surface area (Å²) in [5.74, 6) is -11.9. The zero-order valence-corrected chi connectivity index (χ0v) is 13.6. The van der Waals surface area contributed by atoms with Crippen molar-refractivity contribution in [1.29, 1.82) is 0 Å². The van der Waals surface area contributed by atoms with Crippen molar-refractivity contribution in [2.75, 3.05) is 0 Å². The van der Waals surface area contributed by atoms with E-state index in [0.717, 1.165) is 0 Å². The predicted octanol–water partition coefficient (Wildman–Crippen LogP) is -5.25. The van der Waals surface area contributed by atoms with Gasteiger partial charge in [-0.1, -0.05) is 0 Å². The molecular formula is C12H12NiO13.